The van der Waals surface area contributed by atoms with E-state index < -0.39 is 5.97 Å². The molecule has 2 aromatic heterocycles. The standard InChI is InChI=1S/C24H20BrN3O4/c1-2-3-7-22-27-20-10-8-17(25)13-19(20)23(29)28(22)26-14-18-9-11-21(32-18)15-5-4-6-16(12-15)24(30)31/h4-6,8-14H,2-3,7H2,1H3,(H,30,31). The Labute approximate surface area is 192 Å². The quantitative estimate of drug-likeness (QED) is 0.350. The predicted molar refractivity (Wildman–Crippen MR) is 126 cm³/mol. The summed E-state index contributed by atoms with van der Waals surface area (Å²) in [6.07, 6.45) is 3.94. The summed E-state index contributed by atoms with van der Waals surface area (Å²) in [6, 6.07) is 15.4. The lowest BCUT2D eigenvalue weighted by molar-refractivity contribution is 0.0697. The normalized spacial score (nSPS) is 11.4. The molecule has 0 aliphatic rings. The summed E-state index contributed by atoms with van der Waals surface area (Å²) in [5.74, 6) is 0.524. The van der Waals surface area contributed by atoms with Crippen LogP contribution in [-0.4, -0.2) is 27.0 Å². The van der Waals surface area contributed by atoms with Gasteiger partial charge in [-0.1, -0.05) is 41.4 Å². The van der Waals surface area contributed by atoms with Gasteiger partial charge in [-0.3, -0.25) is 4.79 Å². The van der Waals surface area contributed by atoms with E-state index in [2.05, 4.69) is 32.9 Å². The summed E-state index contributed by atoms with van der Waals surface area (Å²) in [5.41, 5.74) is 1.20. The van der Waals surface area contributed by atoms with E-state index in [1.54, 1.807) is 36.4 Å². The van der Waals surface area contributed by atoms with E-state index in [0.717, 1.165) is 17.3 Å². The number of rotatable bonds is 7. The van der Waals surface area contributed by atoms with Crippen LogP contribution in [0.25, 0.3) is 22.2 Å². The van der Waals surface area contributed by atoms with Crippen molar-refractivity contribution in [2.24, 2.45) is 5.10 Å². The number of aryl methyl sites for hydroxylation is 1. The van der Waals surface area contributed by atoms with E-state index in [1.165, 1.54) is 17.0 Å². The summed E-state index contributed by atoms with van der Waals surface area (Å²) >= 11 is 3.40. The van der Waals surface area contributed by atoms with Crippen LogP contribution in [0, 0.1) is 0 Å². The molecule has 0 atom stereocenters. The average molecular weight is 494 g/mol. The maximum atomic E-state index is 13.1. The van der Waals surface area contributed by atoms with E-state index in [0.29, 0.717) is 40.2 Å². The number of unbranched alkanes of at least 4 members (excludes halogenated alkanes) is 1. The van der Waals surface area contributed by atoms with Crippen LogP contribution in [0.3, 0.4) is 0 Å². The first-order valence-electron chi connectivity index (χ1n) is 10.2. The second kappa shape index (κ2) is 9.32. The molecule has 8 heteroatoms. The Bertz CT molecular complexity index is 1390. The largest absolute Gasteiger partial charge is 0.478 e. The van der Waals surface area contributed by atoms with Crippen LogP contribution in [0.4, 0.5) is 0 Å². The molecule has 4 aromatic rings. The van der Waals surface area contributed by atoms with Crippen LogP contribution in [0.15, 0.2) is 73.4 Å². The van der Waals surface area contributed by atoms with E-state index in [9.17, 15) is 14.7 Å². The second-order valence-electron chi connectivity index (χ2n) is 7.24. The minimum absolute atomic E-state index is 0.176. The topological polar surface area (TPSA) is 97.7 Å². The van der Waals surface area contributed by atoms with Crippen LogP contribution in [0.1, 0.15) is 41.7 Å². The van der Waals surface area contributed by atoms with Gasteiger partial charge in [0.15, 0.2) is 0 Å². The molecule has 0 bridgehead atoms. The van der Waals surface area contributed by atoms with Crippen molar-refractivity contribution in [1.29, 1.82) is 0 Å². The highest BCUT2D eigenvalue weighted by atomic mass is 79.9. The highest BCUT2D eigenvalue weighted by Gasteiger charge is 2.12. The SMILES string of the molecule is CCCCc1nc2ccc(Br)cc2c(=O)n1N=Cc1ccc(-c2cccc(C(=O)O)c2)o1. The summed E-state index contributed by atoms with van der Waals surface area (Å²) in [5, 5.41) is 14.0. The molecule has 0 saturated heterocycles. The molecule has 0 aliphatic heterocycles. The van der Waals surface area contributed by atoms with Crippen molar-refractivity contribution in [1.82, 2.24) is 9.66 Å². The van der Waals surface area contributed by atoms with Crippen molar-refractivity contribution >= 4 is 39.0 Å². The molecule has 0 unspecified atom stereocenters. The number of furan rings is 1. The van der Waals surface area contributed by atoms with Gasteiger partial charge in [0, 0.05) is 16.5 Å². The number of nitrogens with zero attached hydrogens (tertiary/aromatic N) is 3. The Morgan fingerprint density at radius 2 is 2.06 bits per heavy atom. The van der Waals surface area contributed by atoms with Gasteiger partial charge in [0.05, 0.1) is 22.7 Å². The first-order valence-corrected chi connectivity index (χ1v) is 10.9. The molecule has 0 saturated carbocycles. The average Bonchev–Trinajstić information content (AvgIpc) is 3.27. The van der Waals surface area contributed by atoms with Crippen molar-refractivity contribution in [2.45, 2.75) is 26.2 Å². The van der Waals surface area contributed by atoms with Gasteiger partial charge in [-0.25, -0.2) is 9.78 Å². The minimum Gasteiger partial charge on any atom is -0.478 e. The molecule has 0 radical (unpaired) electrons. The first-order chi connectivity index (χ1) is 15.5. The third kappa shape index (κ3) is 4.55. The third-order valence-corrected chi connectivity index (χ3v) is 5.44. The van der Waals surface area contributed by atoms with E-state index in [4.69, 9.17) is 4.42 Å². The fourth-order valence-corrected chi connectivity index (χ4v) is 3.67. The predicted octanol–water partition coefficient (Wildman–Crippen LogP) is 5.34. The number of hydrogen-bond acceptors (Lipinski definition) is 5. The number of hydrogen-bond donors (Lipinski definition) is 1. The molecule has 0 aliphatic carbocycles. The lowest BCUT2D eigenvalue weighted by Crippen LogP contribution is -2.22. The van der Waals surface area contributed by atoms with Crippen molar-refractivity contribution in [3.63, 3.8) is 0 Å². The zero-order chi connectivity index (χ0) is 22.7. The van der Waals surface area contributed by atoms with Crippen molar-refractivity contribution in [2.75, 3.05) is 0 Å². The minimum atomic E-state index is -1.00. The maximum Gasteiger partial charge on any atom is 0.335 e. The third-order valence-electron chi connectivity index (χ3n) is 4.95. The summed E-state index contributed by atoms with van der Waals surface area (Å²) < 4.78 is 7.92. The summed E-state index contributed by atoms with van der Waals surface area (Å²) in [7, 11) is 0. The van der Waals surface area contributed by atoms with Gasteiger partial charge < -0.3 is 9.52 Å². The van der Waals surface area contributed by atoms with E-state index in [1.807, 2.05) is 12.1 Å². The molecular formula is C24H20BrN3O4. The maximum absolute atomic E-state index is 13.1. The Morgan fingerprint density at radius 1 is 1.22 bits per heavy atom. The van der Waals surface area contributed by atoms with Gasteiger partial charge in [-0.2, -0.15) is 9.78 Å². The van der Waals surface area contributed by atoms with Crippen molar-refractivity contribution in [3.8, 4) is 11.3 Å². The Kier molecular flexibility index (Phi) is 6.32. The summed E-state index contributed by atoms with van der Waals surface area (Å²) in [6.45, 7) is 2.08. The first kappa shape index (κ1) is 21.7. The molecule has 2 aromatic carbocycles. The molecule has 7 nitrogen and oxygen atoms in total. The fraction of sp³-hybridized carbons (Fsp3) is 0.167. The van der Waals surface area contributed by atoms with Gasteiger partial charge in [0.2, 0.25) is 0 Å². The van der Waals surface area contributed by atoms with Crippen LogP contribution in [-0.2, 0) is 6.42 Å². The van der Waals surface area contributed by atoms with Crippen LogP contribution in [0.5, 0.6) is 0 Å². The van der Waals surface area contributed by atoms with Crippen LogP contribution < -0.4 is 5.56 Å². The number of fused-ring (bicyclic) bond motifs is 1. The van der Waals surface area contributed by atoms with Gasteiger partial charge in [-0.05, 0) is 48.9 Å². The van der Waals surface area contributed by atoms with Crippen LogP contribution in [0.2, 0.25) is 0 Å². The van der Waals surface area contributed by atoms with Gasteiger partial charge in [-0.15, -0.1) is 0 Å². The molecule has 0 spiro atoms. The number of benzene rings is 2. The second-order valence-corrected chi connectivity index (χ2v) is 8.16. The zero-order valence-corrected chi connectivity index (χ0v) is 18.9. The van der Waals surface area contributed by atoms with Gasteiger partial charge >= 0.3 is 5.97 Å². The number of aromatic carboxylic acids is 1. The van der Waals surface area contributed by atoms with Crippen molar-refractivity contribution in [3.05, 3.63) is 86.6 Å². The van der Waals surface area contributed by atoms with Gasteiger partial charge in [0.1, 0.15) is 17.3 Å². The number of carboxylic acid groups (broad SMARTS) is 1. The van der Waals surface area contributed by atoms with E-state index in [-0.39, 0.29) is 11.1 Å². The molecule has 0 fully saturated rings. The van der Waals surface area contributed by atoms with E-state index >= 15 is 0 Å². The molecule has 32 heavy (non-hydrogen) atoms. The van der Waals surface area contributed by atoms with Crippen molar-refractivity contribution < 1.29 is 14.3 Å². The number of aromatic nitrogens is 2. The smallest absolute Gasteiger partial charge is 0.335 e. The lowest BCUT2D eigenvalue weighted by Gasteiger charge is -2.08. The molecule has 4 rings (SSSR count). The Balaban J connectivity index is 1.71. The zero-order valence-electron chi connectivity index (χ0n) is 17.3. The highest BCUT2D eigenvalue weighted by molar-refractivity contribution is 9.10. The molecular weight excluding hydrogens is 474 g/mol. The fourth-order valence-electron chi connectivity index (χ4n) is 3.31. The summed E-state index contributed by atoms with van der Waals surface area (Å²) in [4.78, 5) is 29.0. The van der Waals surface area contributed by atoms with Gasteiger partial charge in [0.25, 0.3) is 5.56 Å². The number of halogens is 1. The Hall–Kier alpha value is -3.52. The number of carbonyl (C=O) groups is 1. The van der Waals surface area contributed by atoms with Crippen LogP contribution >= 0.6 is 15.9 Å². The Morgan fingerprint density at radius 3 is 2.84 bits per heavy atom. The lowest BCUT2D eigenvalue weighted by atomic mass is 10.1. The molecule has 0 amide bonds. The molecule has 1 N–H and O–H groups in total. The highest BCUT2D eigenvalue weighted by Crippen LogP contribution is 2.23. The number of carboxylic acids is 1. The monoisotopic (exact) mass is 493 g/mol. The molecule has 2 heterocycles. The molecule has 162 valence electrons.